The lowest BCUT2D eigenvalue weighted by Gasteiger charge is -2.22. The van der Waals surface area contributed by atoms with Gasteiger partial charge in [0.25, 0.3) is 5.91 Å². The zero-order chi connectivity index (χ0) is 26.7. The van der Waals surface area contributed by atoms with Crippen molar-refractivity contribution in [2.45, 2.75) is 26.2 Å². The van der Waals surface area contributed by atoms with Gasteiger partial charge < -0.3 is 24.6 Å². The number of hydrogen-bond acceptors (Lipinski definition) is 6. The number of nitrogens with zero attached hydrogens (tertiary/aromatic N) is 3. The van der Waals surface area contributed by atoms with Crippen LogP contribution in [-0.4, -0.2) is 69.4 Å². The molecule has 2 fully saturated rings. The van der Waals surface area contributed by atoms with Gasteiger partial charge in [-0.15, -0.1) is 0 Å². The van der Waals surface area contributed by atoms with E-state index in [9.17, 15) is 14.4 Å². The van der Waals surface area contributed by atoms with E-state index in [-0.39, 0.29) is 30.2 Å². The number of halogens is 1. The van der Waals surface area contributed by atoms with Crippen LogP contribution in [-0.2, 0) is 19.1 Å². The van der Waals surface area contributed by atoms with Crippen LogP contribution in [0.5, 0.6) is 0 Å². The summed E-state index contributed by atoms with van der Waals surface area (Å²) >= 11 is 0. The lowest BCUT2D eigenvalue weighted by atomic mass is 9.98. The quantitative estimate of drug-likeness (QED) is 0.584. The molecule has 0 spiro atoms. The second kappa shape index (κ2) is 11.2. The molecule has 2 aliphatic heterocycles. The Kier molecular flexibility index (Phi) is 7.97. The predicted octanol–water partition coefficient (Wildman–Crippen LogP) is 3.16. The van der Waals surface area contributed by atoms with Crippen LogP contribution in [0, 0.1) is 17.7 Å². The topological polar surface area (TPSA) is 91.4 Å². The molecule has 0 aliphatic carbocycles. The summed E-state index contributed by atoms with van der Waals surface area (Å²) in [6.45, 7) is 5.27. The number of anilines is 2. The maximum Gasteiger partial charge on any atom is 0.416 e. The molecule has 0 radical (unpaired) electrons. The Morgan fingerprint density at radius 1 is 1.19 bits per heavy atom. The van der Waals surface area contributed by atoms with Crippen molar-refractivity contribution in [1.82, 2.24) is 10.2 Å². The molecule has 0 bridgehead atoms. The molecule has 37 heavy (non-hydrogen) atoms. The number of amides is 3. The maximum absolute atomic E-state index is 15.2. The van der Waals surface area contributed by atoms with Crippen molar-refractivity contribution >= 4 is 29.3 Å². The second-order valence-corrected chi connectivity index (χ2v) is 9.63. The summed E-state index contributed by atoms with van der Waals surface area (Å²) in [5.74, 6) is -0.524. The average Bonchev–Trinajstić information content (AvgIpc) is 3.45. The maximum atomic E-state index is 15.2. The predicted molar refractivity (Wildman–Crippen MR) is 137 cm³/mol. The summed E-state index contributed by atoms with van der Waals surface area (Å²) < 4.78 is 25.9. The van der Waals surface area contributed by atoms with Gasteiger partial charge in [0, 0.05) is 40.7 Å². The fourth-order valence-electron chi connectivity index (χ4n) is 4.83. The zero-order valence-corrected chi connectivity index (χ0v) is 21.5. The monoisotopic (exact) mass is 512 g/mol. The number of hydrogen-bond donors (Lipinski definition) is 1. The molecule has 0 aromatic heterocycles. The standard InChI is InChI=1S/C27H33FN4O5/c1-17-14-31(15-20(17)13-29-26(34)25(36-4)19-8-6-5-7-9-19)23-11-10-21(12-22(23)28)32-16-24(37-27(32)35)30(3)18(2)33/h5-12,17,20,24-25H,13-16H2,1-4H3,(H,29,34)/t17-,20+,24?,25?/m1/s1. The van der Waals surface area contributed by atoms with E-state index < -0.39 is 24.2 Å². The van der Waals surface area contributed by atoms with Crippen molar-refractivity contribution in [2.75, 3.05) is 50.1 Å². The number of rotatable bonds is 8. The van der Waals surface area contributed by atoms with Gasteiger partial charge in [-0.1, -0.05) is 37.3 Å². The van der Waals surface area contributed by atoms with Gasteiger partial charge in [0.15, 0.2) is 12.3 Å². The third-order valence-electron chi connectivity index (χ3n) is 7.19. The molecule has 198 valence electrons. The molecule has 2 saturated heterocycles. The first kappa shape index (κ1) is 26.4. The molecule has 4 atom stereocenters. The number of cyclic esters (lactones) is 1. The van der Waals surface area contributed by atoms with E-state index in [1.165, 1.54) is 29.9 Å². The Morgan fingerprint density at radius 2 is 1.92 bits per heavy atom. The molecule has 3 amide bonds. The Morgan fingerprint density at radius 3 is 2.57 bits per heavy atom. The van der Waals surface area contributed by atoms with Crippen LogP contribution in [0.25, 0.3) is 0 Å². The Bertz CT molecular complexity index is 1150. The van der Waals surface area contributed by atoms with Crippen LogP contribution < -0.4 is 15.1 Å². The number of nitrogens with one attached hydrogen (secondary N) is 1. The normalized spacial score (nSPS) is 22.1. The molecule has 1 N–H and O–H groups in total. The molecule has 2 heterocycles. The van der Waals surface area contributed by atoms with E-state index >= 15 is 4.39 Å². The van der Waals surface area contributed by atoms with Gasteiger partial charge in [-0.25, -0.2) is 9.18 Å². The summed E-state index contributed by atoms with van der Waals surface area (Å²) in [6, 6.07) is 14.0. The number of methoxy groups -OCH3 is 1. The fraction of sp³-hybridized carbons (Fsp3) is 0.444. The van der Waals surface area contributed by atoms with Gasteiger partial charge in [0.1, 0.15) is 5.82 Å². The molecule has 2 aromatic carbocycles. The Labute approximate surface area is 216 Å². The highest BCUT2D eigenvalue weighted by Gasteiger charge is 2.37. The molecule has 10 heteroatoms. The number of carbonyl (C=O) groups excluding carboxylic acids is 3. The number of benzene rings is 2. The van der Waals surface area contributed by atoms with Gasteiger partial charge >= 0.3 is 6.09 Å². The average molecular weight is 513 g/mol. The Balaban J connectivity index is 1.37. The minimum atomic E-state index is -0.720. The van der Waals surface area contributed by atoms with Gasteiger partial charge in [0.2, 0.25) is 5.91 Å². The van der Waals surface area contributed by atoms with Gasteiger partial charge in [0.05, 0.1) is 17.9 Å². The highest BCUT2D eigenvalue weighted by Crippen LogP contribution is 2.33. The molecule has 2 aliphatic rings. The van der Waals surface area contributed by atoms with Crippen molar-refractivity contribution in [3.05, 3.63) is 59.9 Å². The minimum absolute atomic E-state index is 0.127. The third kappa shape index (κ3) is 5.69. The minimum Gasteiger partial charge on any atom is -0.423 e. The van der Waals surface area contributed by atoms with Gasteiger partial charge in [-0.2, -0.15) is 0 Å². The summed E-state index contributed by atoms with van der Waals surface area (Å²) in [6.07, 6.45) is -2.03. The molecule has 2 aromatic rings. The van der Waals surface area contributed by atoms with Crippen molar-refractivity contribution in [3.8, 4) is 0 Å². The van der Waals surface area contributed by atoms with E-state index in [4.69, 9.17) is 9.47 Å². The SMILES string of the molecule is COC(C(=O)NC[C@H]1CN(c2ccc(N3CC(N(C)C(C)=O)OC3=O)cc2F)C[C@H]1C)c1ccccc1. The van der Waals surface area contributed by atoms with E-state index in [1.807, 2.05) is 35.2 Å². The van der Waals surface area contributed by atoms with Crippen molar-refractivity contribution in [3.63, 3.8) is 0 Å². The first-order valence-corrected chi connectivity index (χ1v) is 12.3. The van der Waals surface area contributed by atoms with Crippen molar-refractivity contribution < 1.29 is 28.2 Å². The number of carbonyl (C=O) groups is 3. The summed E-state index contributed by atoms with van der Waals surface area (Å²) in [5.41, 5.74) is 1.59. The lowest BCUT2D eigenvalue weighted by molar-refractivity contribution is -0.134. The van der Waals surface area contributed by atoms with Crippen LogP contribution in [0.4, 0.5) is 20.6 Å². The van der Waals surface area contributed by atoms with Crippen LogP contribution in [0.1, 0.15) is 25.5 Å². The fourth-order valence-corrected chi connectivity index (χ4v) is 4.83. The summed E-state index contributed by atoms with van der Waals surface area (Å²) in [4.78, 5) is 41.3. The molecule has 2 unspecified atom stereocenters. The largest absolute Gasteiger partial charge is 0.423 e. The van der Waals surface area contributed by atoms with E-state index in [1.54, 1.807) is 19.2 Å². The smallest absolute Gasteiger partial charge is 0.416 e. The lowest BCUT2D eigenvalue weighted by Crippen LogP contribution is -2.38. The van der Waals surface area contributed by atoms with E-state index in [0.717, 1.165) is 5.56 Å². The highest BCUT2D eigenvalue weighted by atomic mass is 19.1. The number of ether oxygens (including phenoxy) is 2. The summed E-state index contributed by atoms with van der Waals surface area (Å²) in [5, 5.41) is 2.99. The van der Waals surface area contributed by atoms with E-state index in [2.05, 4.69) is 12.2 Å². The van der Waals surface area contributed by atoms with Crippen LogP contribution >= 0.6 is 0 Å². The second-order valence-electron chi connectivity index (χ2n) is 9.63. The first-order chi connectivity index (χ1) is 17.7. The zero-order valence-electron chi connectivity index (χ0n) is 21.5. The van der Waals surface area contributed by atoms with Gasteiger partial charge in [-0.3, -0.25) is 14.5 Å². The molecular weight excluding hydrogens is 479 g/mol. The Hall–Kier alpha value is -3.66. The number of likely N-dealkylation sites (N-methyl/N-ethyl adjacent to an activating group) is 1. The van der Waals surface area contributed by atoms with Gasteiger partial charge in [-0.05, 0) is 35.6 Å². The molecular formula is C27H33FN4O5. The molecule has 4 rings (SSSR count). The van der Waals surface area contributed by atoms with E-state index in [0.29, 0.717) is 31.0 Å². The first-order valence-electron chi connectivity index (χ1n) is 12.3. The van der Waals surface area contributed by atoms with Crippen LogP contribution in [0.15, 0.2) is 48.5 Å². The van der Waals surface area contributed by atoms with Crippen LogP contribution in [0.3, 0.4) is 0 Å². The van der Waals surface area contributed by atoms with Crippen molar-refractivity contribution in [2.24, 2.45) is 11.8 Å². The molecule has 0 saturated carbocycles. The van der Waals surface area contributed by atoms with Crippen molar-refractivity contribution in [1.29, 1.82) is 0 Å². The summed E-state index contributed by atoms with van der Waals surface area (Å²) in [7, 11) is 3.06. The van der Waals surface area contributed by atoms with Crippen LogP contribution in [0.2, 0.25) is 0 Å². The molecule has 9 nitrogen and oxygen atoms in total. The third-order valence-corrected chi connectivity index (χ3v) is 7.19. The highest BCUT2D eigenvalue weighted by molar-refractivity contribution is 5.90.